The Balaban J connectivity index is 1.75. The molecule has 0 saturated heterocycles. The summed E-state index contributed by atoms with van der Waals surface area (Å²) in [6.45, 7) is 5.55. The van der Waals surface area contributed by atoms with Gasteiger partial charge in [-0.25, -0.2) is 0 Å². The zero-order valence-electron chi connectivity index (χ0n) is 16.6. The molecule has 0 aliphatic heterocycles. The maximum atomic E-state index is 14.3. The number of nitriles is 1. The molecule has 2 aromatic heterocycles. The van der Waals surface area contributed by atoms with Crippen molar-refractivity contribution in [3.63, 3.8) is 0 Å². The van der Waals surface area contributed by atoms with Crippen molar-refractivity contribution >= 4 is 23.2 Å². The summed E-state index contributed by atoms with van der Waals surface area (Å²) in [6, 6.07) is 2.17. The number of rotatable bonds is 6. The van der Waals surface area contributed by atoms with Gasteiger partial charge in [0.05, 0.1) is 36.4 Å². The highest BCUT2D eigenvalue weighted by atomic mass is 35.5. The van der Waals surface area contributed by atoms with E-state index in [-0.39, 0.29) is 29.0 Å². The van der Waals surface area contributed by atoms with E-state index in [0.717, 1.165) is 25.7 Å². The topological polar surface area (TPSA) is 109 Å². The lowest BCUT2D eigenvalue weighted by Crippen LogP contribution is -2.24. The highest BCUT2D eigenvalue weighted by molar-refractivity contribution is 6.29. The van der Waals surface area contributed by atoms with Crippen LogP contribution in [0.2, 0.25) is 5.15 Å². The molecule has 1 saturated carbocycles. The zero-order valence-corrected chi connectivity index (χ0v) is 17.4. The molecule has 0 aromatic carbocycles. The van der Waals surface area contributed by atoms with Crippen LogP contribution in [0.1, 0.15) is 45.2 Å². The van der Waals surface area contributed by atoms with Crippen molar-refractivity contribution in [3.05, 3.63) is 22.9 Å². The number of nitrogens with zero attached hydrogens (tertiary/aromatic N) is 5. The van der Waals surface area contributed by atoms with Crippen LogP contribution >= 0.6 is 11.6 Å². The van der Waals surface area contributed by atoms with Gasteiger partial charge in [0, 0.05) is 0 Å². The van der Waals surface area contributed by atoms with Crippen LogP contribution in [0.3, 0.4) is 0 Å². The van der Waals surface area contributed by atoms with Crippen molar-refractivity contribution in [1.29, 1.82) is 5.26 Å². The van der Waals surface area contributed by atoms with E-state index < -0.39 is 11.4 Å². The fraction of sp³-hybridized carbons (Fsp3) is 0.579. The standard InChI is InChI=1S/C19H24ClFN6O2/c1-11-14(8-27(26-11)19(2,3)10-22)23-18-24-16(20)15(21)17(25-18)29-9-12-4-6-13(28)7-5-12/h8,12-13,28H,4-7,9H2,1-3H3,(H,23,24,25). The fourth-order valence-electron chi connectivity index (χ4n) is 3.10. The van der Waals surface area contributed by atoms with E-state index in [0.29, 0.717) is 18.0 Å². The SMILES string of the molecule is Cc1nn(C(C)(C)C#N)cc1Nc1nc(Cl)c(F)c(OCC2CCC(O)CC2)n1. The minimum Gasteiger partial charge on any atom is -0.475 e. The summed E-state index contributed by atoms with van der Waals surface area (Å²) in [6.07, 6.45) is 4.47. The smallest absolute Gasteiger partial charge is 0.257 e. The third-order valence-electron chi connectivity index (χ3n) is 5.04. The van der Waals surface area contributed by atoms with E-state index >= 15 is 0 Å². The second-order valence-corrected chi connectivity index (χ2v) is 8.17. The van der Waals surface area contributed by atoms with Crippen LogP contribution in [-0.4, -0.2) is 37.6 Å². The molecule has 156 valence electrons. The molecule has 1 fully saturated rings. The van der Waals surface area contributed by atoms with Gasteiger partial charge >= 0.3 is 0 Å². The van der Waals surface area contributed by atoms with Crippen LogP contribution in [0.5, 0.6) is 5.88 Å². The quantitative estimate of drug-likeness (QED) is 0.683. The third-order valence-corrected chi connectivity index (χ3v) is 5.29. The highest BCUT2D eigenvalue weighted by Crippen LogP contribution is 2.29. The van der Waals surface area contributed by atoms with Gasteiger partial charge in [-0.3, -0.25) is 4.68 Å². The molecule has 0 unspecified atom stereocenters. The van der Waals surface area contributed by atoms with E-state index in [1.54, 1.807) is 27.0 Å². The molecular weight excluding hydrogens is 399 g/mol. The Kier molecular flexibility index (Phi) is 6.24. The summed E-state index contributed by atoms with van der Waals surface area (Å²) in [5, 5.41) is 25.8. The molecule has 3 rings (SSSR count). The van der Waals surface area contributed by atoms with Crippen LogP contribution in [0.25, 0.3) is 0 Å². The maximum Gasteiger partial charge on any atom is 0.257 e. The van der Waals surface area contributed by atoms with E-state index in [1.165, 1.54) is 4.68 Å². The molecule has 8 nitrogen and oxygen atoms in total. The molecule has 2 aromatic rings. The number of halogens is 2. The second kappa shape index (κ2) is 8.51. The number of aliphatic hydroxyl groups excluding tert-OH is 1. The lowest BCUT2D eigenvalue weighted by Gasteiger charge is -2.25. The van der Waals surface area contributed by atoms with Gasteiger partial charge in [0.25, 0.3) is 5.88 Å². The molecule has 0 spiro atoms. The largest absolute Gasteiger partial charge is 0.475 e. The number of hydrogen-bond acceptors (Lipinski definition) is 7. The number of aryl methyl sites for hydroxylation is 1. The number of anilines is 2. The number of aromatic nitrogens is 4. The van der Waals surface area contributed by atoms with Gasteiger partial charge in [-0.05, 0) is 52.4 Å². The Bertz CT molecular complexity index is 918. The average molecular weight is 423 g/mol. The van der Waals surface area contributed by atoms with Crippen LogP contribution < -0.4 is 10.1 Å². The third kappa shape index (κ3) is 4.95. The lowest BCUT2D eigenvalue weighted by atomic mass is 9.88. The van der Waals surface area contributed by atoms with Gasteiger partial charge in [-0.2, -0.15) is 24.7 Å². The number of ether oxygens (including phenoxy) is 1. The van der Waals surface area contributed by atoms with Gasteiger partial charge < -0.3 is 15.2 Å². The average Bonchev–Trinajstić information content (AvgIpc) is 3.06. The highest BCUT2D eigenvalue weighted by Gasteiger charge is 2.24. The first-order valence-corrected chi connectivity index (χ1v) is 9.86. The predicted molar refractivity (Wildman–Crippen MR) is 106 cm³/mol. The number of nitrogens with one attached hydrogen (secondary N) is 1. The van der Waals surface area contributed by atoms with E-state index in [4.69, 9.17) is 16.3 Å². The molecular formula is C19H24ClFN6O2. The second-order valence-electron chi connectivity index (χ2n) is 7.81. The maximum absolute atomic E-state index is 14.3. The minimum absolute atomic E-state index is 0.0721. The van der Waals surface area contributed by atoms with Gasteiger partial charge in [0.1, 0.15) is 5.54 Å². The zero-order chi connectivity index (χ0) is 21.2. The van der Waals surface area contributed by atoms with Crippen molar-refractivity contribution in [2.24, 2.45) is 5.92 Å². The summed E-state index contributed by atoms with van der Waals surface area (Å²) in [7, 11) is 0. The summed E-state index contributed by atoms with van der Waals surface area (Å²) in [5.74, 6) is -0.730. The Hall–Kier alpha value is -2.44. The van der Waals surface area contributed by atoms with Gasteiger partial charge in [0.2, 0.25) is 11.8 Å². The van der Waals surface area contributed by atoms with Crippen LogP contribution in [0, 0.1) is 30.0 Å². The summed E-state index contributed by atoms with van der Waals surface area (Å²) in [5.41, 5.74) is 0.372. The van der Waals surface area contributed by atoms with Crippen LogP contribution in [-0.2, 0) is 5.54 Å². The molecule has 1 aliphatic rings. The Labute approximate surface area is 173 Å². The summed E-state index contributed by atoms with van der Waals surface area (Å²) < 4.78 is 21.4. The Morgan fingerprint density at radius 1 is 1.38 bits per heavy atom. The van der Waals surface area contributed by atoms with E-state index in [9.17, 15) is 14.8 Å². The first-order chi connectivity index (χ1) is 13.7. The molecule has 0 radical (unpaired) electrons. The van der Waals surface area contributed by atoms with E-state index in [1.807, 2.05) is 0 Å². The van der Waals surface area contributed by atoms with Gasteiger partial charge in [-0.15, -0.1) is 0 Å². The van der Waals surface area contributed by atoms with Crippen molar-refractivity contribution in [2.45, 2.75) is 58.1 Å². The molecule has 2 N–H and O–H groups in total. The minimum atomic E-state index is -0.826. The summed E-state index contributed by atoms with van der Waals surface area (Å²) in [4.78, 5) is 8.02. The fourth-order valence-corrected chi connectivity index (χ4v) is 3.26. The molecule has 29 heavy (non-hydrogen) atoms. The number of hydrogen-bond donors (Lipinski definition) is 2. The Morgan fingerprint density at radius 3 is 2.72 bits per heavy atom. The normalized spacial score (nSPS) is 19.6. The molecule has 10 heteroatoms. The number of aliphatic hydroxyl groups is 1. The molecule has 1 aliphatic carbocycles. The monoisotopic (exact) mass is 422 g/mol. The Morgan fingerprint density at radius 2 is 2.07 bits per heavy atom. The van der Waals surface area contributed by atoms with E-state index in [2.05, 4.69) is 26.5 Å². The van der Waals surface area contributed by atoms with Crippen molar-refractivity contribution in [2.75, 3.05) is 11.9 Å². The van der Waals surface area contributed by atoms with Crippen molar-refractivity contribution in [1.82, 2.24) is 19.7 Å². The first-order valence-electron chi connectivity index (χ1n) is 9.48. The van der Waals surface area contributed by atoms with Crippen molar-refractivity contribution < 1.29 is 14.2 Å². The summed E-state index contributed by atoms with van der Waals surface area (Å²) >= 11 is 5.92. The van der Waals surface area contributed by atoms with Crippen LogP contribution in [0.15, 0.2) is 6.20 Å². The molecule has 0 bridgehead atoms. The van der Waals surface area contributed by atoms with Crippen molar-refractivity contribution in [3.8, 4) is 11.9 Å². The molecule has 0 amide bonds. The first kappa shape index (κ1) is 21.3. The molecule has 0 atom stereocenters. The van der Waals surface area contributed by atoms with Gasteiger partial charge in [0.15, 0.2) is 5.15 Å². The predicted octanol–water partition coefficient (Wildman–Crippen LogP) is 3.71. The van der Waals surface area contributed by atoms with Gasteiger partial charge in [-0.1, -0.05) is 11.6 Å². The molecule has 2 heterocycles. The lowest BCUT2D eigenvalue weighted by molar-refractivity contribution is 0.0899. The van der Waals surface area contributed by atoms with Crippen LogP contribution in [0.4, 0.5) is 16.0 Å².